The van der Waals surface area contributed by atoms with Gasteiger partial charge in [0.25, 0.3) is 0 Å². The molecule has 3 N–H and O–H groups in total. The normalized spacial score (nSPS) is 13.8. The van der Waals surface area contributed by atoms with E-state index in [2.05, 4.69) is 26.1 Å². The third kappa shape index (κ3) is 12.0. The number of nitrogens with one attached hydrogen (secondary N) is 1. The van der Waals surface area contributed by atoms with Gasteiger partial charge >= 0.3 is 0 Å². The topological polar surface area (TPSA) is 55.1 Å². The summed E-state index contributed by atoms with van der Waals surface area (Å²) in [4.78, 5) is 12.0. The predicted molar refractivity (Wildman–Crippen MR) is 96.9 cm³/mol. The molecule has 0 rings (SSSR count). The van der Waals surface area contributed by atoms with Crippen molar-refractivity contribution in [2.75, 3.05) is 0 Å². The summed E-state index contributed by atoms with van der Waals surface area (Å²) in [5.41, 5.74) is 6.12. The zero-order valence-corrected chi connectivity index (χ0v) is 15.3. The lowest BCUT2D eigenvalue weighted by Gasteiger charge is -2.23. The Hall–Kier alpha value is -0.570. The summed E-state index contributed by atoms with van der Waals surface area (Å²) in [6.45, 7) is 6.49. The van der Waals surface area contributed by atoms with Gasteiger partial charge in [-0.15, -0.1) is 0 Å². The Morgan fingerprint density at radius 3 is 1.91 bits per heavy atom. The molecule has 0 aliphatic carbocycles. The standard InChI is InChI=1S/C19H40N2O/c1-4-7-8-9-10-11-12-13-14-16-19(22)21-18(6-3)17(20)15-5-2/h17-18H,4-16,20H2,1-3H3,(H,21,22). The maximum absolute atomic E-state index is 12.0. The van der Waals surface area contributed by atoms with E-state index in [1.807, 2.05) is 0 Å². The number of hydrogen-bond donors (Lipinski definition) is 2. The highest BCUT2D eigenvalue weighted by molar-refractivity contribution is 5.76. The second-order valence-corrected chi connectivity index (χ2v) is 6.61. The molecule has 0 aromatic rings. The molecular weight excluding hydrogens is 272 g/mol. The van der Waals surface area contributed by atoms with Crippen LogP contribution in [0, 0.1) is 0 Å². The lowest BCUT2D eigenvalue weighted by Crippen LogP contribution is -2.47. The molecule has 0 saturated heterocycles. The Balaban J connectivity index is 3.56. The van der Waals surface area contributed by atoms with Crippen LogP contribution in [0.1, 0.15) is 104 Å². The quantitative estimate of drug-likeness (QED) is 0.421. The lowest BCUT2D eigenvalue weighted by molar-refractivity contribution is -0.122. The van der Waals surface area contributed by atoms with Crippen LogP contribution in [0.2, 0.25) is 0 Å². The van der Waals surface area contributed by atoms with Gasteiger partial charge in [0.2, 0.25) is 5.91 Å². The predicted octanol–water partition coefficient (Wildman–Crippen LogP) is 4.93. The molecule has 0 aliphatic rings. The molecule has 0 aliphatic heterocycles. The smallest absolute Gasteiger partial charge is 0.220 e. The largest absolute Gasteiger partial charge is 0.352 e. The van der Waals surface area contributed by atoms with Crippen LogP contribution >= 0.6 is 0 Å². The molecule has 0 fully saturated rings. The first-order valence-electron chi connectivity index (χ1n) is 9.70. The minimum atomic E-state index is 0.0991. The molecule has 0 spiro atoms. The molecule has 0 saturated carbocycles. The summed E-state index contributed by atoms with van der Waals surface area (Å²) >= 11 is 0. The molecule has 0 bridgehead atoms. The summed E-state index contributed by atoms with van der Waals surface area (Å²) in [5, 5.41) is 3.11. The highest BCUT2D eigenvalue weighted by Crippen LogP contribution is 2.11. The zero-order chi connectivity index (χ0) is 16.6. The minimum Gasteiger partial charge on any atom is -0.352 e. The van der Waals surface area contributed by atoms with Crippen LogP contribution in [-0.2, 0) is 4.79 Å². The summed E-state index contributed by atoms with van der Waals surface area (Å²) in [7, 11) is 0. The molecule has 0 radical (unpaired) electrons. The Bertz CT molecular complexity index is 256. The van der Waals surface area contributed by atoms with Crippen molar-refractivity contribution in [1.29, 1.82) is 0 Å². The SMILES string of the molecule is CCCCCCCCCCCC(=O)NC(CC)C(N)CCC. The Labute approximate surface area is 138 Å². The molecule has 0 aromatic heterocycles. The molecule has 1 amide bonds. The van der Waals surface area contributed by atoms with Gasteiger partial charge in [0, 0.05) is 18.5 Å². The van der Waals surface area contributed by atoms with Crippen molar-refractivity contribution in [3.8, 4) is 0 Å². The van der Waals surface area contributed by atoms with Gasteiger partial charge in [-0.3, -0.25) is 4.79 Å². The van der Waals surface area contributed by atoms with E-state index in [1.54, 1.807) is 0 Å². The van der Waals surface area contributed by atoms with Gasteiger partial charge in [-0.2, -0.15) is 0 Å². The van der Waals surface area contributed by atoms with E-state index in [0.29, 0.717) is 6.42 Å². The zero-order valence-electron chi connectivity index (χ0n) is 15.3. The second kappa shape index (κ2) is 15.3. The van der Waals surface area contributed by atoms with Gasteiger partial charge in [0.1, 0.15) is 0 Å². The lowest BCUT2D eigenvalue weighted by atomic mass is 10.0. The van der Waals surface area contributed by atoms with Crippen molar-refractivity contribution < 1.29 is 4.79 Å². The van der Waals surface area contributed by atoms with Crippen molar-refractivity contribution in [3.63, 3.8) is 0 Å². The first-order valence-corrected chi connectivity index (χ1v) is 9.70. The van der Waals surface area contributed by atoms with Crippen LogP contribution in [0.15, 0.2) is 0 Å². The van der Waals surface area contributed by atoms with Gasteiger partial charge in [0.15, 0.2) is 0 Å². The number of unbranched alkanes of at least 4 members (excludes halogenated alkanes) is 8. The Morgan fingerprint density at radius 2 is 1.41 bits per heavy atom. The Kier molecular flexibility index (Phi) is 14.9. The van der Waals surface area contributed by atoms with Crippen LogP contribution in [0.3, 0.4) is 0 Å². The molecule has 0 heterocycles. The maximum atomic E-state index is 12.0. The van der Waals surface area contributed by atoms with Crippen LogP contribution in [-0.4, -0.2) is 18.0 Å². The third-order valence-corrected chi connectivity index (χ3v) is 4.43. The Morgan fingerprint density at radius 1 is 0.864 bits per heavy atom. The van der Waals surface area contributed by atoms with Crippen LogP contribution in [0.4, 0.5) is 0 Å². The van der Waals surface area contributed by atoms with Crippen molar-refractivity contribution in [3.05, 3.63) is 0 Å². The van der Waals surface area contributed by atoms with Crippen molar-refractivity contribution in [2.45, 2.75) is 116 Å². The number of carbonyl (C=O) groups is 1. The number of nitrogens with two attached hydrogens (primary N) is 1. The molecule has 2 unspecified atom stereocenters. The first-order chi connectivity index (χ1) is 10.7. The van der Waals surface area contributed by atoms with Crippen molar-refractivity contribution >= 4 is 5.91 Å². The number of carbonyl (C=O) groups excluding carboxylic acids is 1. The van der Waals surface area contributed by atoms with E-state index in [-0.39, 0.29) is 18.0 Å². The summed E-state index contributed by atoms with van der Waals surface area (Å²) in [6, 6.07) is 0.244. The fraction of sp³-hybridized carbons (Fsp3) is 0.947. The van der Waals surface area contributed by atoms with E-state index in [1.165, 1.54) is 51.4 Å². The third-order valence-electron chi connectivity index (χ3n) is 4.43. The van der Waals surface area contributed by atoms with E-state index in [4.69, 9.17) is 5.73 Å². The van der Waals surface area contributed by atoms with Crippen molar-refractivity contribution in [2.24, 2.45) is 5.73 Å². The van der Waals surface area contributed by atoms with Gasteiger partial charge in [0.05, 0.1) is 0 Å². The second-order valence-electron chi connectivity index (χ2n) is 6.61. The fourth-order valence-electron chi connectivity index (χ4n) is 2.92. The summed E-state index contributed by atoms with van der Waals surface area (Å²) in [5.74, 6) is 0.182. The van der Waals surface area contributed by atoms with Gasteiger partial charge < -0.3 is 11.1 Å². The van der Waals surface area contributed by atoms with Gasteiger partial charge in [-0.25, -0.2) is 0 Å². The highest BCUT2D eigenvalue weighted by Gasteiger charge is 2.16. The first kappa shape index (κ1) is 21.4. The fourth-order valence-corrected chi connectivity index (χ4v) is 2.92. The van der Waals surface area contributed by atoms with Crippen molar-refractivity contribution in [1.82, 2.24) is 5.32 Å². The summed E-state index contributed by atoms with van der Waals surface area (Å²) in [6.07, 6.45) is 15.2. The molecule has 2 atom stereocenters. The van der Waals surface area contributed by atoms with E-state index in [9.17, 15) is 4.79 Å². The summed E-state index contributed by atoms with van der Waals surface area (Å²) < 4.78 is 0. The molecular formula is C19H40N2O. The maximum Gasteiger partial charge on any atom is 0.220 e. The number of rotatable bonds is 15. The van der Waals surface area contributed by atoms with Crippen LogP contribution in [0.25, 0.3) is 0 Å². The number of hydrogen-bond acceptors (Lipinski definition) is 2. The minimum absolute atomic E-state index is 0.0991. The molecule has 3 heteroatoms. The van der Waals surface area contributed by atoms with Gasteiger partial charge in [-0.1, -0.05) is 78.6 Å². The highest BCUT2D eigenvalue weighted by atomic mass is 16.1. The molecule has 132 valence electrons. The average molecular weight is 313 g/mol. The molecule has 0 aromatic carbocycles. The van der Waals surface area contributed by atoms with Crippen LogP contribution < -0.4 is 11.1 Å². The van der Waals surface area contributed by atoms with E-state index < -0.39 is 0 Å². The molecule has 22 heavy (non-hydrogen) atoms. The number of amides is 1. The van der Waals surface area contributed by atoms with Crippen LogP contribution in [0.5, 0.6) is 0 Å². The average Bonchev–Trinajstić information content (AvgIpc) is 2.51. The van der Waals surface area contributed by atoms with Gasteiger partial charge in [-0.05, 0) is 19.3 Å². The van der Waals surface area contributed by atoms with E-state index >= 15 is 0 Å². The molecule has 3 nitrogen and oxygen atoms in total. The monoisotopic (exact) mass is 312 g/mol. The van der Waals surface area contributed by atoms with E-state index in [0.717, 1.165) is 25.7 Å².